The summed E-state index contributed by atoms with van der Waals surface area (Å²) in [7, 11) is 0. The zero-order chi connectivity index (χ0) is 32.6. The second-order valence-electron chi connectivity index (χ2n) is 12.3. The molecule has 0 atom stereocenters. The molecule has 0 aliphatic rings. The molecule has 0 unspecified atom stereocenters. The Morgan fingerprint density at radius 3 is 1.78 bits per heavy atom. The summed E-state index contributed by atoms with van der Waals surface area (Å²) in [6.07, 6.45) is 0. The number of furan rings is 1. The lowest BCUT2D eigenvalue weighted by atomic mass is 9.97. The topological polar surface area (TPSA) is 51.1 Å². The van der Waals surface area contributed by atoms with E-state index in [1.165, 1.54) is 10.8 Å². The van der Waals surface area contributed by atoms with E-state index < -0.39 is 0 Å². The molecule has 0 fully saturated rings. The van der Waals surface area contributed by atoms with Crippen LogP contribution in [0.3, 0.4) is 0 Å². The molecule has 0 bridgehead atoms. The van der Waals surface area contributed by atoms with E-state index in [1.807, 2.05) is 48.5 Å². The van der Waals surface area contributed by atoms with Crippen LogP contribution in [0.15, 0.2) is 150 Å². The number of aromatic nitrogens is 2. The Labute approximate surface area is 280 Å². The van der Waals surface area contributed by atoms with E-state index in [4.69, 9.17) is 11.0 Å². The molecule has 0 saturated carbocycles. The van der Waals surface area contributed by atoms with Crippen LogP contribution in [0.1, 0.15) is 5.56 Å². The summed E-state index contributed by atoms with van der Waals surface area (Å²) in [5.41, 5.74) is 10.3. The molecule has 3 aromatic heterocycles. The van der Waals surface area contributed by atoms with Crippen LogP contribution in [0.5, 0.6) is 0 Å². The van der Waals surface area contributed by atoms with Crippen molar-refractivity contribution in [1.29, 1.82) is 5.26 Å². The van der Waals surface area contributed by atoms with Crippen LogP contribution in [0.2, 0.25) is 0 Å². The second kappa shape index (κ2) is 10.2. The molecule has 226 valence electrons. The van der Waals surface area contributed by atoms with E-state index in [0.29, 0.717) is 16.8 Å². The zero-order valence-electron chi connectivity index (χ0n) is 26.1. The minimum absolute atomic E-state index is 0.489. The fourth-order valence-electron chi connectivity index (χ4n) is 7.72. The van der Waals surface area contributed by atoms with Crippen LogP contribution in [0, 0.1) is 17.9 Å². The maximum absolute atomic E-state index is 10.4. The van der Waals surface area contributed by atoms with Crippen LogP contribution in [0.25, 0.3) is 92.9 Å². The number of nitriles is 1. The molecule has 7 aromatic carbocycles. The first-order valence-corrected chi connectivity index (χ1v) is 16.1. The summed E-state index contributed by atoms with van der Waals surface area (Å²) in [5.74, 6) is 0. The van der Waals surface area contributed by atoms with Gasteiger partial charge < -0.3 is 13.6 Å². The van der Waals surface area contributed by atoms with Crippen LogP contribution < -0.4 is 0 Å². The highest BCUT2D eigenvalue weighted by atomic mass is 16.3. The Morgan fingerprint density at radius 1 is 0.510 bits per heavy atom. The quantitative estimate of drug-likeness (QED) is 0.184. The van der Waals surface area contributed by atoms with Gasteiger partial charge in [0.1, 0.15) is 11.2 Å². The molecule has 0 aliphatic carbocycles. The van der Waals surface area contributed by atoms with Gasteiger partial charge in [0.2, 0.25) is 0 Å². The van der Waals surface area contributed by atoms with E-state index in [1.54, 1.807) is 0 Å². The van der Waals surface area contributed by atoms with E-state index in [0.717, 1.165) is 71.7 Å². The monoisotopic (exact) mass is 624 g/mol. The van der Waals surface area contributed by atoms with E-state index in [-0.39, 0.29) is 0 Å². The number of hydrogen-bond acceptors (Lipinski definition) is 2. The largest absolute Gasteiger partial charge is 0.456 e. The van der Waals surface area contributed by atoms with E-state index in [2.05, 4.69) is 117 Å². The van der Waals surface area contributed by atoms with Crippen LogP contribution in [-0.4, -0.2) is 9.13 Å². The third-order valence-electron chi connectivity index (χ3n) is 9.79. The predicted octanol–water partition coefficient (Wildman–Crippen LogP) is 11.9. The lowest BCUT2D eigenvalue weighted by Crippen LogP contribution is -1.98. The number of para-hydroxylation sites is 4. The summed E-state index contributed by atoms with van der Waals surface area (Å²) in [5, 5.41) is 17.1. The van der Waals surface area contributed by atoms with Gasteiger partial charge >= 0.3 is 0 Å². The van der Waals surface area contributed by atoms with Gasteiger partial charge in [-0.3, -0.25) is 0 Å². The Kier molecular flexibility index (Phi) is 5.64. The van der Waals surface area contributed by atoms with Gasteiger partial charge in [-0.2, -0.15) is 5.26 Å². The third kappa shape index (κ3) is 3.79. The first kappa shape index (κ1) is 27.1. The molecule has 10 aromatic rings. The molecule has 5 nitrogen and oxygen atoms in total. The molecular weight excluding hydrogens is 601 g/mol. The average molecular weight is 625 g/mol. The van der Waals surface area contributed by atoms with Gasteiger partial charge in [0.25, 0.3) is 0 Å². The van der Waals surface area contributed by atoms with Gasteiger partial charge in [-0.25, -0.2) is 4.85 Å². The summed E-state index contributed by atoms with van der Waals surface area (Å²) >= 11 is 0. The normalized spacial score (nSPS) is 11.6. The zero-order valence-corrected chi connectivity index (χ0v) is 26.1. The van der Waals surface area contributed by atoms with Gasteiger partial charge in [-0.1, -0.05) is 78.9 Å². The lowest BCUT2D eigenvalue weighted by molar-refractivity contribution is 0.669. The summed E-state index contributed by atoms with van der Waals surface area (Å²) in [6, 6.07) is 51.8. The van der Waals surface area contributed by atoms with Crippen LogP contribution in [0.4, 0.5) is 5.69 Å². The summed E-state index contributed by atoms with van der Waals surface area (Å²) in [4.78, 5) is 3.94. The van der Waals surface area contributed by atoms with Crippen molar-refractivity contribution >= 4 is 71.2 Å². The van der Waals surface area contributed by atoms with Gasteiger partial charge in [0.05, 0.1) is 40.3 Å². The number of rotatable bonds is 3. The highest BCUT2D eigenvalue weighted by Crippen LogP contribution is 2.43. The lowest BCUT2D eigenvalue weighted by Gasteiger charge is -2.15. The van der Waals surface area contributed by atoms with Gasteiger partial charge in [0.15, 0.2) is 5.69 Å². The van der Waals surface area contributed by atoms with Gasteiger partial charge in [-0.05, 0) is 77.9 Å². The minimum atomic E-state index is 0.489. The maximum atomic E-state index is 10.4. The van der Waals surface area contributed by atoms with Crippen LogP contribution in [-0.2, 0) is 0 Å². The molecule has 0 saturated heterocycles. The maximum Gasteiger partial charge on any atom is 0.195 e. The van der Waals surface area contributed by atoms with Crippen molar-refractivity contribution in [2.45, 2.75) is 0 Å². The van der Waals surface area contributed by atoms with Crippen molar-refractivity contribution in [1.82, 2.24) is 9.13 Å². The highest BCUT2D eigenvalue weighted by molar-refractivity contribution is 6.27. The third-order valence-corrected chi connectivity index (χ3v) is 9.79. The average Bonchev–Trinajstić information content (AvgIpc) is 3.82. The van der Waals surface area contributed by atoms with E-state index >= 15 is 0 Å². The number of nitrogens with zero attached hydrogens (tertiary/aromatic N) is 4. The number of benzene rings is 7. The predicted molar refractivity (Wildman–Crippen MR) is 199 cm³/mol. The first-order valence-electron chi connectivity index (χ1n) is 16.1. The Hall–Kier alpha value is -7.08. The Morgan fingerprint density at radius 2 is 1.08 bits per heavy atom. The first-order chi connectivity index (χ1) is 24.2. The number of hydrogen-bond donors (Lipinski definition) is 0. The molecule has 0 radical (unpaired) electrons. The van der Waals surface area contributed by atoms with E-state index in [9.17, 15) is 5.26 Å². The van der Waals surface area contributed by atoms with Crippen molar-refractivity contribution in [2.75, 3.05) is 0 Å². The van der Waals surface area contributed by atoms with Crippen molar-refractivity contribution in [3.8, 4) is 28.6 Å². The second-order valence-corrected chi connectivity index (χ2v) is 12.3. The fraction of sp³-hybridized carbons (Fsp3) is 0. The molecule has 0 spiro atoms. The van der Waals surface area contributed by atoms with Crippen molar-refractivity contribution in [3.05, 3.63) is 163 Å². The molecule has 0 N–H and O–H groups in total. The molecule has 3 heterocycles. The molecule has 5 heteroatoms. The number of fused-ring (bicyclic) bond motifs is 10. The molecular formula is C44H24N4O. The smallest absolute Gasteiger partial charge is 0.195 e. The van der Waals surface area contributed by atoms with Crippen molar-refractivity contribution in [3.63, 3.8) is 0 Å². The molecule has 0 aliphatic heterocycles. The molecule has 0 amide bonds. The molecule has 49 heavy (non-hydrogen) atoms. The molecule has 10 rings (SSSR count). The SMILES string of the molecule is [C-]#[N+]c1ccc(-n2c3ccccc3c3c4c(ccc32)oc2ccccc24)cc1-c1cc(-n2c3ccccc3c3ccccc32)ccc1C#N. The van der Waals surface area contributed by atoms with Gasteiger partial charge in [-0.15, -0.1) is 0 Å². The van der Waals surface area contributed by atoms with Crippen molar-refractivity contribution in [2.24, 2.45) is 0 Å². The highest BCUT2D eigenvalue weighted by Gasteiger charge is 2.21. The van der Waals surface area contributed by atoms with Crippen LogP contribution >= 0.6 is 0 Å². The van der Waals surface area contributed by atoms with Crippen molar-refractivity contribution < 1.29 is 4.42 Å². The summed E-state index contributed by atoms with van der Waals surface area (Å²) < 4.78 is 10.8. The Bertz CT molecular complexity index is 3030. The minimum Gasteiger partial charge on any atom is -0.456 e. The summed E-state index contributed by atoms with van der Waals surface area (Å²) in [6.45, 7) is 8.15. The standard InChI is InChI=1S/C44H24N4O/c1-46-36-21-20-29(48-39-16-8-4-12-32(39)43-40(48)22-23-42-44(43)33-13-5-9-17-41(33)49-42)25-35(36)34-24-28(19-18-27(34)26-45)47-37-14-6-2-10-30(37)31-11-3-7-15-38(31)47/h2-25H. The fourth-order valence-corrected chi connectivity index (χ4v) is 7.72. The van der Waals surface area contributed by atoms with Gasteiger partial charge in [0, 0.05) is 43.7 Å². The Balaban J connectivity index is 1.25.